The van der Waals surface area contributed by atoms with Crippen molar-refractivity contribution in [1.29, 1.82) is 5.26 Å². The van der Waals surface area contributed by atoms with Crippen molar-refractivity contribution in [3.8, 4) is 28.5 Å². The Morgan fingerprint density at radius 3 is 2.64 bits per heavy atom. The number of hydrogen-bond acceptors (Lipinski definition) is 4. The number of thioether (sulfide) groups is 1. The number of nitrogens with one attached hydrogen (secondary N) is 1. The van der Waals surface area contributed by atoms with Crippen LogP contribution in [0, 0.1) is 24.1 Å². The van der Waals surface area contributed by atoms with E-state index in [2.05, 4.69) is 9.97 Å². The summed E-state index contributed by atoms with van der Waals surface area (Å²) in [4.78, 5) is 19.1. The highest BCUT2D eigenvalue weighted by molar-refractivity contribution is 7.98. The number of aromatic amines is 1. The number of nitrogens with zero attached hydrogens (tertiary/aromatic N) is 2. The Morgan fingerprint density at radius 1 is 1.20 bits per heavy atom. The number of rotatable bonds is 3. The minimum absolute atomic E-state index is 0.0224. The van der Waals surface area contributed by atoms with Crippen molar-refractivity contribution in [2.24, 2.45) is 0 Å². The monoisotopic (exact) mass is 351 g/mol. The van der Waals surface area contributed by atoms with E-state index in [0.717, 1.165) is 16.7 Å². The third-order valence-corrected chi connectivity index (χ3v) is 4.42. The quantitative estimate of drug-likeness (QED) is 0.569. The molecule has 1 N–H and O–H groups in total. The van der Waals surface area contributed by atoms with Gasteiger partial charge in [0, 0.05) is 5.56 Å². The van der Waals surface area contributed by atoms with Crippen LogP contribution >= 0.6 is 11.8 Å². The van der Waals surface area contributed by atoms with Crippen LogP contribution in [-0.4, -0.2) is 16.2 Å². The van der Waals surface area contributed by atoms with Gasteiger partial charge in [0.25, 0.3) is 5.56 Å². The van der Waals surface area contributed by atoms with Gasteiger partial charge in [-0.1, -0.05) is 36.0 Å². The molecule has 0 radical (unpaired) electrons. The fourth-order valence-electron chi connectivity index (χ4n) is 2.65. The fraction of sp³-hybridized carbons (Fsp3) is 0.105. The normalized spacial score (nSPS) is 10.5. The predicted octanol–water partition coefficient (Wildman–Crippen LogP) is 4.15. The third kappa shape index (κ3) is 3.32. The Bertz CT molecular complexity index is 1050. The highest BCUT2D eigenvalue weighted by Gasteiger charge is 2.14. The highest BCUT2D eigenvalue weighted by Crippen LogP contribution is 2.29. The van der Waals surface area contributed by atoms with Gasteiger partial charge in [0.15, 0.2) is 5.16 Å². The van der Waals surface area contributed by atoms with Crippen LogP contribution < -0.4 is 5.56 Å². The third-order valence-electron chi connectivity index (χ3n) is 3.84. The zero-order chi connectivity index (χ0) is 18.0. The van der Waals surface area contributed by atoms with Crippen LogP contribution in [0.2, 0.25) is 0 Å². The van der Waals surface area contributed by atoms with Crippen LogP contribution in [0.1, 0.15) is 11.1 Å². The molecule has 0 aliphatic rings. The molecule has 25 heavy (non-hydrogen) atoms. The van der Waals surface area contributed by atoms with Gasteiger partial charge < -0.3 is 4.98 Å². The lowest BCUT2D eigenvalue weighted by atomic mass is 9.97. The first kappa shape index (κ1) is 16.9. The Kier molecular flexibility index (Phi) is 4.68. The molecule has 3 aromatic rings. The van der Waals surface area contributed by atoms with Crippen molar-refractivity contribution in [3.63, 3.8) is 0 Å². The molecule has 0 amide bonds. The van der Waals surface area contributed by atoms with Gasteiger partial charge >= 0.3 is 0 Å². The maximum absolute atomic E-state index is 13.3. The molecule has 0 fully saturated rings. The smallest absolute Gasteiger partial charge is 0.270 e. The van der Waals surface area contributed by atoms with Crippen molar-refractivity contribution in [2.45, 2.75) is 12.1 Å². The lowest BCUT2D eigenvalue weighted by Crippen LogP contribution is -2.14. The molecule has 1 aromatic heterocycles. The van der Waals surface area contributed by atoms with Crippen LogP contribution in [0.15, 0.2) is 52.4 Å². The lowest BCUT2D eigenvalue weighted by Gasteiger charge is -2.10. The van der Waals surface area contributed by atoms with E-state index in [-0.39, 0.29) is 11.4 Å². The van der Waals surface area contributed by atoms with Crippen LogP contribution in [0.25, 0.3) is 22.4 Å². The van der Waals surface area contributed by atoms with Crippen molar-refractivity contribution >= 4 is 11.8 Å². The summed E-state index contributed by atoms with van der Waals surface area (Å²) in [5.41, 5.74) is 3.09. The summed E-state index contributed by atoms with van der Waals surface area (Å²) in [7, 11) is 0. The number of nitriles is 1. The summed E-state index contributed by atoms with van der Waals surface area (Å²) in [5, 5.41) is 9.77. The SMILES string of the molecule is CSc1nc(-c2cccc(-c3ccc(F)cc3C)c2)c(C#N)c(=O)[nH]1. The van der Waals surface area contributed by atoms with Gasteiger partial charge in [-0.15, -0.1) is 0 Å². The minimum atomic E-state index is -0.458. The van der Waals surface area contributed by atoms with Gasteiger partial charge in [-0.25, -0.2) is 9.37 Å². The molecule has 124 valence electrons. The number of halogens is 1. The molecule has 0 aliphatic heterocycles. The van der Waals surface area contributed by atoms with Crippen LogP contribution in [0.5, 0.6) is 0 Å². The topological polar surface area (TPSA) is 69.5 Å². The van der Waals surface area contributed by atoms with E-state index in [4.69, 9.17) is 0 Å². The number of H-pyrrole nitrogens is 1. The van der Waals surface area contributed by atoms with Crippen molar-refractivity contribution in [1.82, 2.24) is 9.97 Å². The minimum Gasteiger partial charge on any atom is -0.300 e. The number of aryl methyl sites for hydroxylation is 1. The molecular weight excluding hydrogens is 337 g/mol. The summed E-state index contributed by atoms with van der Waals surface area (Å²) >= 11 is 1.30. The molecule has 0 aliphatic carbocycles. The molecule has 0 saturated carbocycles. The molecule has 1 heterocycles. The summed E-state index contributed by atoms with van der Waals surface area (Å²) in [5.74, 6) is -0.287. The second-order valence-corrected chi connectivity index (χ2v) is 6.25. The van der Waals surface area contributed by atoms with Gasteiger partial charge in [0.05, 0.1) is 5.69 Å². The van der Waals surface area contributed by atoms with E-state index >= 15 is 0 Å². The Labute approximate surface area is 148 Å². The zero-order valence-electron chi connectivity index (χ0n) is 13.6. The highest BCUT2D eigenvalue weighted by atomic mass is 32.2. The molecular formula is C19H14FN3OS. The van der Waals surface area contributed by atoms with Crippen LogP contribution in [0.3, 0.4) is 0 Å². The standard InChI is InChI=1S/C19H14FN3OS/c1-11-8-14(20)6-7-15(11)12-4-3-5-13(9-12)17-16(10-21)18(24)23-19(22-17)25-2/h3-9H,1-2H3,(H,22,23,24). The first-order valence-electron chi connectivity index (χ1n) is 7.49. The van der Waals surface area contributed by atoms with Gasteiger partial charge in [-0.2, -0.15) is 5.26 Å². The maximum atomic E-state index is 13.3. The molecule has 3 rings (SSSR count). The van der Waals surface area contributed by atoms with E-state index in [1.165, 1.54) is 23.9 Å². The van der Waals surface area contributed by atoms with E-state index < -0.39 is 5.56 Å². The van der Waals surface area contributed by atoms with Crippen molar-refractivity contribution in [2.75, 3.05) is 6.26 Å². The number of aromatic nitrogens is 2. The van der Waals surface area contributed by atoms with Gasteiger partial charge in [0.2, 0.25) is 0 Å². The molecule has 0 atom stereocenters. The fourth-order valence-corrected chi connectivity index (χ4v) is 3.02. The van der Waals surface area contributed by atoms with Gasteiger partial charge in [-0.05, 0) is 48.1 Å². The van der Waals surface area contributed by atoms with E-state index in [9.17, 15) is 14.4 Å². The van der Waals surface area contributed by atoms with Crippen molar-refractivity contribution < 1.29 is 4.39 Å². The average Bonchev–Trinajstić information content (AvgIpc) is 2.61. The Morgan fingerprint density at radius 2 is 1.96 bits per heavy atom. The maximum Gasteiger partial charge on any atom is 0.270 e. The van der Waals surface area contributed by atoms with Crippen molar-refractivity contribution in [3.05, 3.63) is 69.8 Å². The second kappa shape index (κ2) is 6.91. The molecule has 0 spiro atoms. The molecule has 2 aromatic carbocycles. The van der Waals surface area contributed by atoms with Crippen LogP contribution in [-0.2, 0) is 0 Å². The number of benzene rings is 2. The summed E-state index contributed by atoms with van der Waals surface area (Å²) in [6.07, 6.45) is 1.80. The summed E-state index contributed by atoms with van der Waals surface area (Å²) < 4.78 is 13.3. The molecule has 0 unspecified atom stereocenters. The van der Waals surface area contributed by atoms with Crippen LogP contribution in [0.4, 0.5) is 4.39 Å². The lowest BCUT2D eigenvalue weighted by molar-refractivity contribution is 0.627. The Hall–Kier alpha value is -2.91. The Balaban J connectivity index is 2.19. The molecule has 6 heteroatoms. The van der Waals surface area contributed by atoms with E-state index in [1.54, 1.807) is 18.4 Å². The molecule has 0 saturated heterocycles. The second-order valence-electron chi connectivity index (χ2n) is 5.45. The zero-order valence-corrected chi connectivity index (χ0v) is 14.4. The first-order chi connectivity index (χ1) is 12.0. The average molecular weight is 351 g/mol. The summed E-state index contributed by atoms with van der Waals surface area (Å²) in [6.45, 7) is 1.84. The molecule has 4 nitrogen and oxygen atoms in total. The largest absolute Gasteiger partial charge is 0.300 e. The van der Waals surface area contributed by atoms with Gasteiger partial charge in [0.1, 0.15) is 17.4 Å². The first-order valence-corrected chi connectivity index (χ1v) is 8.71. The summed E-state index contributed by atoms with van der Waals surface area (Å²) in [6, 6.07) is 13.9. The number of hydrogen-bond donors (Lipinski definition) is 1. The van der Waals surface area contributed by atoms with E-state index in [0.29, 0.717) is 16.4 Å². The van der Waals surface area contributed by atoms with Gasteiger partial charge in [-0.3, -0.25) is 4.79 Å². The predicted molar refractivity (Wildman–Crippen MR) is 96.9 cm³/mol. The molecule has 0 bridgehead atoms. The van der Waals surface area contributed by atoms with E-state index in [1.807, 2.05) is 31.2 Å².